The van der Waals surface area contributed by atoms with Crippen molar-refractivity contribution in [2.75, 3.05) is 7.11 Å². The van der Waals surface area contributed by atoms with Gasteiger partial charge in [-0.25, -0.2) is 4.79 Å². The summed E-state index contributed by atoms with van der Waals surface area (Å²) >= 11 is 0. The van der Waals surface area contributed by atoms with Gasteiger partial charge in [-0.1, -0.05) is 6.07 Å². The number of methoxy groups -OCH3 is 1. The van der Waals surface area contributed by atoms with Crippen LogP contribution in [0.2, 0.25) is 0 Å². The predicted molar refractivity (Wildman–Crippen MR) is 66.8 cm³/mol. The molecule has 2 rings (SSSR count). The van der Waals surface area contributed by atoms with E-state index in [1.807, 2.05) is 19.1 Å². The lowest BCUT2D eigenvalue weighted by Gasteiger charge is -2.10. The molecule has 0 aliphatic carbocycles. The van der Waals surface area contributed by atoms with E-state index in [-0.39, 0.29) is 0 Å². The number of aliphatic hydroxyl groups excluding tert-OH is 1. The third kappa shape index (κ3) is 1.82. The maximum absolute atomic E-state index is 10.9. The number of benzene rings is 1. The minimum absolute atomic E-state index is 0.365. The maximum Gasteiger partial charge on any atom is 0.338 e. The van der Waals surface area contributed by atoms with Gasteiger partial charge in [-0.05, 0) is 25.1 Å². The Labute approximate surface area is 104 Å². The highest BCUT2D eigenvalue weighted by Crippen LogP contribution is 2.31. The van der Waals surface area contributed by atoms with E-state index in [0.717, 1.165) is 10.9 Å². The van der Waals surface area contributed by atoms with Crippen LogP contribution in [-0.4, -0.2) is 27.9 Å². The monoisotopic (exact) mass is 249 g/mol. The molecule has 2 N–H and O–H groups in total. The molecule has 0 radical (unpaired) electrons. The molecular formula is C13H15NO4. The molecule has 0 bridgehead atoms. The number of carbonyl (C=O) groups is 1. The fourth-order valence-corrected chi connectivity index (χ4v) is 2.16. The molecular weight excluding hydrogens is 234 g/mol. The van der Waals surface area contributed by atoms with Crippen LogP contribution in [0.1, 0.15) is 18.7 Å². The Morgan fingerprint density at radius 2 is 2.22 bits per heavy atom. The van der Waals surface area contributed by atoms with Crippen LogP contribution in [0.25, 0.3) is 10.9 Å². The number of rotatable bonds is 4. The standard InChI is InChI=1S/C13H15NO4/c1-3-14-9-5-4-6-11(18-2)8(9)7-10(14)12(15)13(16)17/h4-7,12,15H,3H2,1-2H3,(H,16,17). The van der Waals surface area contributed by atoms with E-state index >= 15 is 0 Å². The molecule has 96 valence electrons. The Hall–Kier alpha value is -2.01. The Morgan fingerprint density at radius 1 is 1.50 bits per heavy atom. The Bertz CT molecular complexity index is 588. The lowest BCUT2D eigenvalue weighted by molar-refractivity contribution is -0.147. The average Bonchev–Trinajstić information content (AvgIpc) is 2.75. The summed E-state index contributed by atoms with van der Waals surface area (Å²) in [4.78, 5) is 10.9. The number of aromatic nitrogens is 1. The van der Waals surface area contributed by atoms with Crippen molar-refractivity contribution >= 4 is 16.9 Å². The topological polar surface area (TPSA) is 71.7 Å². The van der Waals surface area contributed by atoms with Crippen LogP contribution >= 0.6 is 0 Å². The molecule has 0 spiro atoms. The minimum atomic E-state index is -1.53. The number of aryl methyl sites for hydroxylation is 1. The van der Waals surface area contributed by atoms with Crippen LogP contribution in [-0.2, 0) is 11.3 Å². The second kappa shape index (κ2) is 4.70. The van der Waals surface area contributed by atoms with Crippen molar-refractivity contribution in [3.8, 4) is 5.75 Å². The fourth-order valence-electron chi connectivity index (χ4n) is 2.16. The zero-order valence-corrected chi connectivity index (χ0v) is 10.3. The Morgan fingerprint density at radius 3 is 2.78 bits per heavy atom. The predicted octanol–water partition coefficient (Wildman–Crippen LogP) is 1.79. The van der Waals surface area contributed by atoms with Crippen LogP contribution in [0.5, 0.6) is 5.75 Å². The number of aliphatic carboxylic acids is 1. The molecule has 5 nitrogen and oxygen atoms in total. The number of carboxylic acids is 1. The molecule has 0 amide bonds. The van der Waals surface area contributed by atoms with Crippen molar-refractivity contribution in [2.24, 2.45) is 0 Å². The first-order valence-corrected chi connectivity index (χ1v) is 5.67. The molecule has 0 saturated heterocycles. The van der Waals surface area contributed by atoms with Crippen LogP contribution in [0.3, 0.4) is 0 Å². The van der Waals surface area contributed by atoms with Crippen LogP contribution in [0.15, 0.2) is 24.3 Å². The largest absolute Gasteiger partial charge is 0.496 e. The molecule has 0 aliphatic heterocycles. The molecule has 1 aromatic heterocycles. The van der Waals surface area contributed by atoms with Gasteiger partial charge in [0.1, 0.15) is 5.75 Å². The Kier molecular flexibility index (Phi) is 3.25. The van der Waals surface area contributed by atoms with Crippen molar-refractivity contribution in [1.82, 2.24) is 4.57 Å². The zero-order chi connectivity index (χ0) is 13.3. The minimum Gasteiger partial charge on any atom is -0.496 e. The van der Waals surface area contributed by atoms with Gasteiger partial charge in [0.25, 0.3) is 0 Å². The van der Waals surface area contributed by atoms with E-state index in [1.165, 1.54) is 0 Å². The SMILES string of the molecule is CCn1c(C(O)C(=O)O)cc2c(OC)cccc21. The van der Waals surface area contributed by atoms with E-state index in [4.69, 9.17) is 9.84 Å². The van der Waals surface area contributed by atoms with E-state index in [1.54, 1.807) is 23.8 Å². The molecule has 1 heterocycles. The molecule has 2 aromatic rings. The summed E-state index contributed by atoms with van der Waals surface area (Å²) in [5, 5.41) is 19.4. The van der Waals surface area contributed by atoms with Crippen LogP contribution in [0.4, 0.5) is 0 Å². The third-order valence-electron chi connectivity index (χ3n) is 2.99. The number of nitrogens with zero attached hydrogens (tertiary/aromatic N) is 1. The maximum atomic E-state index is 10.9. The van der Waals surface area contributed by atoms with Crippen LogP contribution < -0.4 is 4.74 Å². The third-order valence-corrected chi connectivity index (χ3v) is 2.99. The molecule has 1 atom stereocenters. The Balaban J connectivity index is 2.71. The van der Waals surface area contributed by atoms with Gasteiger partial charge in [-0.3, -0.25) is 0 Å². The molecule has 1 aromatic carbocycles. The van der Waals surface area contributed by atoms with Crippen molar-refractivity contribution in [3.63, 3.8) is 0 Å². The van der Waals surface area contributed by atoms with Gasteiger partial charge in [0.15, 0.2) is 6.10 Å². The summed E-state index contributed by atoms with van der Waals surface area (Å²) in [6.45, 7) is 2.48. The molecule has 0 aliphatic rings. The van der Waals surface area contributed by atoms with E-state index in [2.05, 4.69) is 0 Å². The van der Waals surface area contributed by atoms with Gasteiger partial charge < -0.3 is 19.5 Å². The van der Waals surface area contributed by atoms with E-state index < -0.39 is 12.1 Å². The van der Waals surface area contributed by atoms with Crippen LogP contribution in [0, 0.1) is 0 Å². The van der Waals surface area contributed by atoms with Gasteiger partial charge in [0.2, 0.25) is 0 Å². The molecule has 18 heavy (non-hydrogen) atoms. The van der Waals surface area contributed by atoms with Crippen molar-refractivity contribution < 1.29 is 19.7 Å². The van der Waals surface area contributed by atoms with Crippen molar-refractivity contribution in [1.29, 1.82) is 0 Å². The fraction of sp³-hybridized carbons (Fsp3) is 0.308. The summed E-state index contributed by atoms with van der Waals surface area (Å²) in [7, 11) is 1.56. The van der Waals surface area contributed by atoms with Gasteiger partial charge >= 0.3 is 5.97 Å². The van der Waals surface area contributed by atoms with E-state index in [9.17, 15) is 9.90 Å². The second-order valence-corrected chi connectivity index (χ2v) is 3.95. The normalized spacial score (nSPS) is 12.6. The van der Waals surface area contributed by atoms with Crippen molar-refractivity contribution in [2.45, 2.75) is 19.6 Å². The first-order chi connectivity index (χ1) is 8.60. The summed E-state index contributed by atoms with van der Waals surface area (Å²) in [5.74, 6) is -0.593. The number of fused-ring (bicyclic) bond motifs is 1. The first-order valence-electron chi connectivity index (χ1n) is 5.67. The first kappa shape index (κ1) is 12.4. The second-order valence-electron chi connectivity index (χ2n) is 3.95. The summed E-state index contributed by atoms with van der Waals surface area (Å²) < 4.78 is 7.01. The molecule has 0 fully saturated rings. The number of hydrogen-bond acceptors (Lipinski definition) is 3. The highest BCUT2D eigenvalue weighted by Gasteiger charge is 2.22. The zero-order valence-electron chi connectivity index (χ0n) is 10.3. The highest BCUT2D eigenvalue weighted by atomic mass is 16.5. The molecule has 5 heteroatoms. The molecule has 0 saturated carbocycles. The lowest BCUT2D eigenvalue weighted by Crippen LogP contribution is -2.14. The lowest BCUT2D eigenvalue weighted by atomic mass is 10.2. The summed E-state index contributed by atoms with van der Waals surface area (Å²) in [6.07, 6.45) is -1.53. The van der Waals surface area contributed by atoms with E-state index in [0.29, 0.717) is 18.0 Å². The number of ether oxygens (including phenoxy) is 1. The van der Waals surface area contributed by atoms with Gasteiger partial charge in [-0.15, -0.1) is 0 Å². The number of aliphatic hydroxyl groups is 1. The molecule has 1 unspecified atom stereocenters. The van der Waals surface area contributed by atoms with Gasteiger partial charge in [-0.2, -0.15) is 0 Å². The smallest absolute Gasteiger partial charge is 0.338 e. The number of carboxylic acid groups (broad SMARTS) is 1. The summed E-state index contributed by atoms with van der Waals surface area (Å²) in [5.41, 5.74) is 1.22. The summed E-state index contributed by atoms with van der Waals surface area (Å²) in [6, 6.07) is 7.18. The number of hydrogen-bond donors (Lipinski definition) is 2. The highest BCUT2D eigenvalue weighted by molar-refractivity contribution is 5.89. The van der Waals surface area contributed by atoms with Gasteiger partial charge in [0, 0.05) is 11.9 Å². The van der Waals surface area contributed by atoms with Crippen molar-refractivity contribution in [3.05, 3.63) is 30.0 Å². The average molecular weight is 249 g/mol. The quantitative estimate of drug-likeness (QED) is 0.866. The van der Waals surface area contributed by atoms with Gasteiger partial charge in [0.05, 0.1) is 18.3 Å².